The van der Waals surface area contributed by atoms with Crippen LogP contribution in [-0.4, -0.2) is 37.1 Å². The first kappa shape index (κ1) is 15.9. The summed E-state index contributed by atoms with van der Waals surface area (Å²) in [5.74, 6) is 0.401. The third-order valence-electron chi connectivity index (χ3n) is 3.97. The maximum atomic E-state index is 12.7. The third kappa shape index (κ3) is 3.05. The summed E-state index contributed by atoms with van der Waals surface area (Å²) in [6, 6.07) is 8.52. The van der Waals surface area contributed by atoms with Gasteiger partial charge in [0.05, 0.1) is 17.4 Å². The number of H-pyrrole nitrogens is 1. The number of aromatic amines is 1. The van der Waals surface area contributed by atoms with Crippen LogP contribution < -0.4 is 5.56 Å². The van der Waals surface area contributed by atoms with Crippen molar-refractivity contribution >= 4 is 16.8 Å². The van der Waals surface area contributed by atoms with E-state index in [1.165, 1.54) is 0 Å². The van der Waals surface area contributed by atoms with Gasteiger partial charge in [-0.15, -0.1) is 0 Å². The number of nitrogens with one attached hydrogen (secondary N) is 1. The predicted molar refractivity (Wildman–Crippen MR) is 90.4 cm³/mol. The van der Waals surface area contributed by atoms with Crippen molar-refractivity contribution in [3.8, 4) is 0 Å². The number of rotatable bonds is 5. The highest BCUT2D eigenvalue weighted by Gasteiger charge is 2.22. The lowest BCUT2D eigenvalue weighted by atomic mass is 10.2. The summed E-state index contributed by atoms with van der Waals surface area (Å²) in [5.41, 5.74) is 0.430. The number of aromatic nitrogens is 4. The largest absolute Gasteiger partial charge is 0.334 e. The average Bonchev–Trinajstić information content (AvgIpc) is 3.13. The van der Waals surface area contributed by atoms with Crippen LogP contribution in [0.1, 0.15) is 25.7 Å². The maximum Gasteiger partial charge on any atom is 0.258 e. The first-order valence-electron chi connectivity index (χ1n) is 7.86. The molecule has 124 valence electrons. The van der Waals surface area contributed by atoms with Crippen LogP contribution in [-0.2, 0) is 11.3 Å². The third-order valence-corrected chi connectivity index (χ3v) is 3.97. The molecular weight excluding hydrogens is 306 g/mol. The second-order valence-electron chi connectivity index (χ2n) is 5.54. The zero-order valence-electron chi connectivity index (χ0n) is 13.6. The van der Waals surface area contributed by atoms with E-state index < -0.39 is 6.04 Å². The van der Waals surface area contributed by atoms with E-state index >= 15 is 0 Å². The van der Waals surface area contributed by atoms with E-state index in [0.29, 0.717) is 23.3 Å². The van der Waals surface area contributed by atoms with Gasteiger partial charge < -0.3 is 9.88 Å². The molecule has 1 aromatic carbocycles. The van der Waals surface area contributed by atoms with Gasteiger partial charge in [0.1, 0.15) is 11.9 Å². The van der Waals surface area contributed by atoms with Crippen molar-refractivity contribution in [2.45, 2.75) is 26.4 Å². The Kier molecular flexibility index (Phi) is 4.41. The van der Waals surface area contributed by atoms with Crippen LogP contribution in [0.2, 0.25) is 0 Å². The van der Waals surface area contributed by atoms with Crippen molar-refractivity contribution < 1.29 is 4.79 Å². The minimum Gasteiger partial charge on any atom is -0.334 e. The molecule has 3 aromatic rings. The van der Waals surface area contributed by atoms with Gasteiger partial charge in [-0.1, -0.05) is 12.1 Å². The highest BCUT2D eigenvalue weighted by molar-refractivity contribution is 5.80. The minimum absolute atomic E-state index is 0.0722. The SMILES string of the molecule is CCN(Cc1nc2ccccc2c(=O)[nH]1)C(=O)C(C)n1cccn1. The van der Waals surface area contributed by atoms with E-state index in [0.717, 1.165) is 0 Å². The van der Waals surface area contributed by atoms with Gasteiger partial charge in [-0.3, -0.25) is 14.3 Å². The average molecular weight is 325 g/mol. The lowest BCUT2D eigenvalue weighted by Gasteiger charge is -2.24. The Morgan fingerprint density at radius 3 is 2.83 bits per heavy atom. The number of likely N-dealkylation sites (N-methyl/N-ethyl adjacent to an activating group) is 1. The molecule has 1 unspecified atom stereocenters. The molecule has 0 saturated carbocycles. The summed E-state index contributed by atoms with van der Waals surface area (Å²) in [6.07, 6.45) is 3.40. The van der Waals surface area contributed by atoms with Crippen molar-refractivity contribution in [1.82, 2.24) is 24.6 Å². The Bertz CT molecular complexity index is 901. The van der Waals surface area contributed by atoms with E-state index in [1.54, 1.807) is 53.2 Å². The molecule has 0 aliphatic carbocycles. The molecule has 7 heteroatoms. The van der Waals surface area contributed by atoms with Crippen LogP contribution in [0.4, 0.5) is 0 Å². The van der Waals surface area contributed by atoms with Crippen molar-refractivity contribution in [1.29, 1.82) is 0 Å². The Labute approximate surface area is 138 Å². The van der Waals surface area contributed by atoms with Crippen molar-refractivity contribution in [2.24, 2.45) is 0 Å². The van der Waals surface area contributed by atoms with E-state index in [4.69, 9.17) is 0 Å². The number of hydrogen-bond donors (Lipinski definition) is 1. The molecule has 0 radical (unpaired) electrons. The molecule has 0 bridgehead atoms. The van der Waals surface area contributed by atoms with Gasteiger partial charge in [-0.2, -0.15) is 5.10 Å². The minimum atomic E-state index is -0.410. The molecule has 1 amide bonds. The highest BCUT2D eigenvalue weighted by atomic mass is 16.2. The lowest BCUT2D eigenvalue weighted by Crippen LogP contribution is -2.36. The fourth-order valence-corrected chi connectivity index (χ4v) is 2.62. The molecule has 0 fully saturated rings. The van der Waals surface area contributed by atoms with Crippen LogP contribution >= 0.6 is 0 Å². The van der Waals surface area contributed by atoms with Crippen LogP contribution in [0.3, 0.4) is 0 Å². The molecule has 0 saturated heterocycles. The van der Waals surface area contributed by atoms with E-state index in [2.05, 4.69) is 15.1 Å². The topological polar surface area (TPSA) is 83.9 Å². The Morgan fingerprint density at radius 1 is 1.33 bits per heavy atom. The van der Waals surface area contributed by atoms with Gasteiger partial charge >= 0.3 is 0 Å². The van der Waals surface area contributed by atoms with E-state index in [1.807, 2.05) is 13.0 Å². The summed E-state index contributed by atoms with van der Waals surface area (Å²) in [7, 11) is 0. The first-order valence-corrected chi connectivity index (χ1v) is 7.86. The normalized spacial score (nSPS) is 12.2. The summed E-state index contributed by atoms with van der Waals surface area (Å²) in [6.45, 7) is 4.46. The maximum absolute atomic E-state index is 12.7. The van der Waals surface area contributed by atoms with Gasteiger partial charge in [-0.05, 0) is 32.0 Å². The second-order valence-corrected chi connectivity index (χ2v) is 5.54. The Hall–Kier alpha value is -2.96. The molecule has 0 aliphatic heterocycles. The highest BCUT2D eigenvalue weighted by Crippen LogP contribution is 2.12. The van der Waals surface area contributed by atoms with Gasteiger partial charge in [0.2, 0.25) is 5.91 Å². The molecule has 0 aliphatic rings. The van der Waals surface area contributed by atoms with Gasteiger partial charge in [0, 0.05) is 18.9 Å². The number of benzene rings is 1. The van der Waals surface area contributed by atoms with E-state index in [-0.39, 0.29) is 18.0 Å². The standard InChI is InChI=1S/C17H19N5O2/c1-3-21(17(24)12(2)22-10-6-9-18-22)11-15-19-14-8-5-4-7-13(14)16(23)20-15/h4-10,12H,3,11H2,1-2H3,(H,19,20,23). The number of fused-ring (bicyclic) bond motifs is 1. The van der Waals surface area contributed by atoms with Gasteiger partial charge in [0.25, 0.3) is 5.56 Å². The number of hydrogen-bond acceptors (Lipinski definition) is 4. The number of nitrogens with zero attached hydrogens (tertiary/aromatic N) is 4. The molecule has 3 rings (SSSR count). The molecular formula is C17H19N5O2. The van der Waals surface area contributed by atoms with Crippen molar-refractivity contribution in [3.05, 3.63) is 58.9 Å². The van der Waals surface area contributed by atoms with Crippen LogP contribution in [0.15, 0.2) is 47.5 Å². The number of para-hydroxylation sites is 1. The van der Waals surface area contributed by atoms with E-state index in [9.17, 15) is 9.59 Å². The molecule has 7 nitrogen and oxygen atoms in total. The summed E-state index contributed by atoms with van der Waals surface area (Å²) in [4.78, 5) is 33.7. The fourth-order valence-electron chi connectivity index (χ4n) is 2.62. The summed E-state index contributed by atoms with van der Waals surface area (Å²) < 4.78 is 1.61. The quantitative estimate of drug-likeness (QED) is 0.774. The fraction of sp³-hybridized carbons (Fsp3) is 0.294. The molecule has 2 heterocycles. The van der Waals surface area contributed by atoms with Crippen LogP contribution in [0.5, 0.6) is 0 Å². The second kappa shape index (κ2) is 6.66. The van der Waals surface area contributed by atoms with Gasteiger partial charge in [-0.25, -0.2) is 4.98 Å². The molecule has 2 aromatic heterocycles. The summed E-state index contributed by atoms with van der Waals surface area (Å²) >= 11 is 0. The molecule has 0 spiro atoms. The number of carbonyl (C=O) groups excluding carboxylic acids is 1. The lowest BCUT2D eigenvalue weighted by molar-refractivity contribution is -0.135. The Balaban J connectivity index is 1.85. The zero-order valence-corrected chi connectivity index (χ0v) is 13.6. The smallest absolute Gasteiger partial charge is 0.258 e. The van der Waals surface area contributed by atoms with Gasteiger partial charge in [0.15, 0.2) is 0 Å². The monoisotopic (exact) mass is 325 g/mol. The van der Waals surface area contributed by atoms with Crippen molar-refractivity contribution in [2.75, 3.05) is 6.54 Å². The molecule has 1 atom stereocenters. The zero-order chi connectivity index (χ0) is 17.1. The predicted octanol–water partition coefficient (Wildman–Crippen LogP) is 1.73. The van der Waals surface area contributed by atoms with Crippen molar-refractivity contribution in [3.63, 3.8) is 0 Å². The van der Waals surface area contributed by atoms with Crippen LogP contribution in [0, 0.1) is 0 Å². The molecule has 24 heavy (non-hydrogen) atoms. The number of carbonyl (C=O) groups is 1. The first-order chi connectivity index (χ1) is 11.6. The van der Waals surface area contributed by atoms with Crippen LogP contribution in [0.25, 0.3) is 10.9 Å². The number of amides is 1. The summed E-state index contributed by atoms with van der Waals surface area (Å²) in [5, 5.41) is 4.65. The molecule has 1 N–H and O–H groups in total. The Morgan fingerprint density at radius 2 is 2.12 bits per heavy atom.